The average Bonchev–Trinajstić information content (AvgIpc) is 2.49. The molecule has 0 bridgehead atoms. The summed E-state index contributed by atoms with van der Waals surface area (Å²) in [6.45, 7) is 0. The highest BCUT2D eigenvalue weighted by atomic mass is 15.4. The van der Waals surface area contributed by atoms with Crippen LogP contribution in [0.3, 0.4) is 0 Å². The van der Waals surface area contributed by atoms with E-state index >= 15 is 0 Å². The first-order chi connectivity index (χ1) is 6.27. The summed E-state index contributed by atoms with van der Waals surface area (Å²) in [6, 6.07) is 1.73. The highest BCUT2D eigenvalue weighted by molar-refractivity contribution is 5.49. The van der Waals surface area contributed by atoms with Gasteiger partial charge in [-0.1, -0.05) is 0 Å². The van der Waals surface area contributed by atoms with Crippen LogP contribution in [-0.4, -0.2) is 24.7 Å². The van der Waals surface area contributed by atoms with Gasteiger partial charge in [0, 0.05) is 13.2 Å². The maximum absolute atomic E-state index is 5.52. The summed E-state index contributed by atoms with van der Waals surface area (Å²) in [5.41, 5.74) is 6.19. The number of nitrogens with two attached hydrogens (primary N) is 1. The Morgan fingerprint density at radius 3 is 2.85 bits per heavy atom. The molecule has 0 fully saturated rings. The lowest BCUT2D eigenvalue weighted by Crippen LogP contribution is -1.97. The predicted octanol–water partition coefficient (Wildman–Crippen LogP) is -0.146. The fourth-order valence-corrected chi connectivity index (χ4v) is 0.928. The Hall–Kier alpha value is -1.98. The van der Waals surface area contributed by atoms with Crippen molar-refractivity contribution in [1.29, 1.82) is 0 Å². The Balaban J connectivity index is 2.48. The molecule has 13 heavy (non-hydrogen) atoms. The molecule has 0 saturated heterocycles. The summed E-state index contributed by atoms with van der Waals surface area (Å²) in [7, 11) is 1.73. The van der Waals surface area contributed by atoms with Crippen LogP contribution in [0, 0.1) is 0 Å². The largest absolute Gasteiger partial charge is 0.368 e. The van der Waals surface area contributed by atoms with E-state index in [1.165, 1.54) is 11.0 Å². The Morgan fingerprint density at radius 1 is 1.46 bits per heavy atom. The molecule has 0 radical (unpaired) electrons. The maximum atomic E-state index is 5.52. The van der Waals surface area contributed by atoms with Crippen molar-refractivity contribution in [3.8, 4) is 11.5 Å². The quantitative estimate of drug-likeness (QED) is 0.653. The first kappa shape index (κ1) is 7.66. The summed E-state index contributed by atoms with van der Waals surface area (Å²) < 4.78 is 1.50. The van der Waals surface area contributed by atoms with E-state index in [9.17, 15) is 0 Å². The molecule has 0 saturated carbocycles. The molecule has 6 nitrogen and oxygen atoms in total. The van der Waals surface area contributed by atoms with E-state index in [2.05, 4.69) is 20.1 Å². The Morgan fingerprint density at radius 2 is 2.31 bits per heavy atom. The molecule has 2 aromatic rings. The number of nitrogen functional groups attached to an aromatic ring is 1. The van der Waals surface area contributed by atoms with Crippen LogP contribution in [-0.2, 0) is 7.05 Å². The van der Waals surface area contributed by atoms with Crippen LogP contribution in [0.2, 0.25) is 0 Å². The van der Waals surface area contributed by atoms with Gasteiger partial charge in [0.1, 0.15) is 12.0 Å². The van der Waals surface area contributed by atoms with E-state index in [1.54, 1.807) is 19.3 Å². The molecular weight excluding hydrogens is 168 g/mol. The van der Waals surface area contributed by atoms with E-state index in [4.69, 9.17) is 5.73 Å². The first-order valence-electron chi connectivity index (χ1n) is 3.70. The molecule has 0 atom stereocenters. The van der Waals surface area contributed by atoms with Crippen molar-refractivity contribution < 1.29 is 0 Å². The Bertz CT molecular complexity index is 387. The number of hydrogen-bond donors (Lipinski definition) is 1. The van der Waals surface area contributed by atoms with Crippen LogP contribution >= 0.6 is 0 Å². The predicted molar refractivity (Wildman–Crippen MR) is 46.4 cm³/mol. The van der Waals surface area contributed by atoms with Gasteiger partial charge in [0.05, 0.1) is 0 Å². The van der Waals surface area contributed by atoms with Crippen LogP contribution < -0.4 is 5.73 Å². The molecule has 0 aliphatic heterocycles. The van der Waals surface area contributed by atoms with Crippen LogP contribution in [0.1, 0.15) is 0 Å². The zero-order valence-electron chi connectivity index (χ0n) is 7.05. The van der Waals surface area contributed by atoms with E-state index < -0.39 is 0 Å². The van der Waals surface area contributed by atoms with Gasteiger partial charge in [0.2, 0.25) is 11.8 Å². The molecule has 0 aliphatic rings. The van der Waals surface area contributed by atoms with Gasteiger partial charge in [-0.15, -0.1) is 5.10 Å². The molecule has 0 aromatic carbocycles. The van der Waals surface area contributed by atoms with Crippen molar-refractivity contribution in [2.45, 2.75) is 0 Å². The highest BCUT2D eigenvalue weighted by Crippen LogP contribution is 2.10. The van der Waals surface area contributed by atoms with Crippen LogP contribution in [0.4, 0.5) is 5.95 Å². The summed E-state index contributed by atoms with van der Waals surface area (Å²) in [5, 5.41) is 4.07. The molecular formula is C7H8N6. The first-order valence-corrected chi connectivity index (χ1v) is 3.70. The summed E-state index contributed by atoms with van der Waals surface area (Å²) in [4.78, 5) is 11.8. The number of anilines is 1. The third-order valence-electron chi connectivity index (χ3n) is 1.61. The smallest absolute Gasteiger partial charge is 0.218 e. The number of nitrogens with zero attached hydrogens (tertiary/aromatic N) is 5. The molecule has 0 spiro atoms. The summed E-state index contributed by atoms with van der Waals surface area (Å²) in [5.74, 6) is 0.885. The van der Waals surface area contributed by atoms with Crippen molar-refractivity contribution in [1.82, 2.24) is 24.7 Å². The highest BCUT2D eigenvalue weighted by Gasteiger charge is 2.06. The zero-order valence-corrected chi connectivity index (χ0v) is 7.05. The molecule has 2 aromatic heterocycles. The van der Waals surface area contributed by atoms with E-state index in [1.807, 2.05) is 0 Å². The standard InChI is InChI=1S/C7H8N6/c1-13-7(8)11-6(12-13)5-2-3-9-4-10-5/h2-4H,1H3,(H2,8,11,12). The van der Waals surface area contributed by atoms with Gasteiger partial charge in [-0.05, 0) is 6.07 Å². The van der Waals surface area contributed by atoms with Crippen molar-refractivity contribution in [3.63, 3.8) is 0 Å². The number of hydrogen-bond acceptors (Lipinski definition) is 5. The van der Waals surface area contributed by atoms with Gasteiger partial charge in [-0.2, -0.15) is 4.98 Å². The minimum Gasteiger partial charge on any atom is -0.368 e. The minimum atomic E-state index is 0.369. The maximum Gasteiger partial charge on any atom is 0.218 e. The normalized spacial score (nSPS) is 10.2. The van der Waals surface area contributed by atoms with E-state index in [-0.39, 0.29) is 0 Å². The van der Waals surface area contributed by atoms with Gasteiger partial charge in [-0.3, -0.25) is 0 Å². The molecule has 6 heteroatoms. The van der Waals surface area contributed by atoms with Gasteiger partial charge in [0.25, 0.3) is 0 Å². The zero-order chi connectivity index (χ0) is 9.26. The van der Waals surface area contributed by atoms with Gasteiger partial charge in [-0.25, -0.2) is 14.6 Å². The molecule has 2 heterocycles. The Kier molecular flexibility index (Phi) is 1.66. The average molecular weight is 176 g/mol. The van der Waals surface area contributed by atoms with Crippen LogP contribution in [0.5, 0.6) is 0 Å². The number of rotatable bonds is 1. The molecule has 2 rings (SSSR count). The molecule has 0 unspecified atom stereocenters. The second kappa shape index (κ2) is 2.81. The number of aryl methyl sites for hydroxylation is 1. The number of aromatic nitrogens is 5. The minimum absolute atomic E-state index is 0.369. The lowest BCUT2D eigenvalue weighted by molar-refractivity contribution is 0.780. The van der Waals surface area contributed by atoms with Crippen molar-refractivity contribution >= 4 is 5.95 Å². The van der Waals surface area contributed by atoms with Gasteiger partial charge < -0.3 is 5.73 Å². The second-order valence-corrected chi connectivity index (χ2v) is 2.51. The summed E-state index contributed by atoms with van der Waals surface area (Å²) in [6.07, 6.45) is 3.08. The monoisotopic (exact) mass is 176 g/mol. The van der Waals surface area contributed by atoms with Crippen molar-refractivity contribution in [2.24, 2.45) is 7.05 Å². The lowest BCUT2D eigenvalue weighted by atomic mass is 10.4. The van der Waals surface area contributed by atoms with Crippen molar-refractivity contribution in [2.75, 3.05) is 5.73 Å². The van der Waals surface area contributed by atoms with Crippen LogP contribution in [0.25, 0.3) is 11.5 Å². The SMILES string of the molecule is Cn1nc(-c2ccncn2)nc1N. The molecule has 0 aliphatic carbocycles. The fraction of sp³-hybridized carbons (Fsp3) is 0.143. The molecule has 66 valence electrons. The topological polar surface area (TPSA) is 82.5 Å². The molecule has 0 amide bonds. The lowest BCUT2D eigenvalue weighted by Gasteiger charge is -1.89. The van der Waals surface area contributed by atoms with Crippen molar-refractivity contribution in [3.05, 3.63) is 18.6 Å². The van der Waals surface area contributed by atoms with Gasteiger partial charge >= 0.3 is 0 Å². The third kappa shape index (κ3) is 1.33. The third-order valence-corrected chi connectivity index (χ3v) is 1.61. The van der Waals surface area contributed by atoms with E-state index in [0.717, 1.165) is 0 Å². The Labute approximate surface area is 74.5 Å². The van der Waals surface area contributed by atoms with Gasteiger partial charge in [0.15, 0.2) is 0 Å². The molecule has 2 N–H and O–H groups in total. The second-order valence-electron chi connectivity index (χ2n) is 2.51. The summed E-state index contributed by atoms with van der Waals surface area (Å²) >= 11 is 0. The van der Waals surface area contributed by atoms with E-state index in [0.29, 0.717) is 17.5 Å². The fourth-order valence-electron chi connectivity index (χ4n) is 0.928. The van der Waals surface area contributed by atoms with Crippen LogP contribution in [0.15, 0.2) is 18.6 Å².